The fraction of sp³-hybridized carbons (Fsp3) is 0.273. The van der Waals surface area contributed by atoms with E-state index in [1.165, 1.54) is 10.7 Å². The predicted molar refractivity (Wildman–Crippen MR) is 58.1 cm³/mol. The molecule has 4 nitrogen and oxygen atoms in total. The molecule has 0 aliphatic carbocycles. The fourth-order valence-corrected chi connectivity index (χ4v) is 1.91. The minimum absolute atomic E-state index is 0.289. The van der Waals surface area contributed by atoms with E-state index in [2.05, 4.69) is 15.6 Å². The number of para-hydroxylation sites is 1. The first kappa shape index (κ1) is 9.33. The summed E-state index contributed by atoms with van der Waals surface area (Å²) in [6, 6.07) is 6.57. The lowest BCUT2D eigenvalue weighted by Gasteiger charge is -2.14. The van der Waals surface area contributed by atoms with Crippen LogP contribution in [0.3, 0.4) is 0 Å². The Morgan fingerprint density at radius 2 is 2.19 bits per heavy atom. The molecule has 82 valence electrons. The van der Waals surface area contributed by atoms with Crippen LogP contribution in [0.2, 0.25) is 0 Å². The monoisotopic (exact) mass is 218 g/mol. The molecule has 2 aromatic rings. The predicted octanol–water partition coefficient (Wildman–Crippen LogP) is 1.76. The summed E-state index contributed by atoms with van der Waals surface area (Å²) in [6.07, 6.45) is 1.94. The molecule has 3 rings (SSSR count). The maximum atomic E-state index is 13.6. The minimum atomic E-state index is -0.289. The van der Waals surface area contributed by atoms with Gasteiger partial charge in [-0.25, -0.2) is 4.39 Å². The second kappa shape index (κ2) is 3.59. The van der Waals surface area contributed by atoms with Crippen LogP contribution in [0.25, 0.3) is 5.69 Å². The van der Waals surface area contributed by atoms with Crippen molar-refractivity contribution < 1.29 is 4.39 Å². The molecule has 0 radical (unpaired) electrons. The van der Waals surface area contributed by atoms with Crippen LogP contribution in [0.4, 0.5) is 10.2 Å². The quantitative estimate of drug-likeness (QED) is 0.793. The van der Waals surface area contributed by atoms with E-state index in [4.69, 9.17) is 0 Å². The van der Waals surface area contributed by atoms with Gasteiger partial charge in [-0.3, -0.25) is 0 Å². The summed E-state index contributed by atoms with van der Waals surface area (Å²) in [5.41, 5.74) is 1.35. The van der Waals surface area contributed by atoms with Gasteiger partial charge in [0.25, 0.3) is 0 Å². The number of nitrogens with zero attached hydrogens (tertiary/aromatic N) is 3. The molecule has 2 heterocycles. The second-order valence-electron chi connectivity index (χ2n) is 3.78. The zero-order valence-electron chi connectivity index (χ0n) is 8.65. The third-order valence-electron chi connectivity index (χ3n) is 2.70. The molecule has 1 aliphatic heterocycles. The molecule has 0 saturated carbocycles. The van der Waals surface area contributed by atoms with Crippen LogP contribution in [-0.2, 0) is 6.42 Å². The molecule has 5 heteroatoms. The summed E-state index contributed by atoms with van der Waals surface area (Å²) in [5, 5.41) is 11.3. The van der Waals surface area contributed by atoms with E-state index in [0.29, 0.717) is 5.69 Å². The molecule has 0 bridgehead atoms. The molecule has 1 aromatic carbocycles. The van der Waals surface area contributed by atoms with Gasteiger partial charge in [0.15, 0.2) is 5.82 Å². The summed E-state index contributed by atoms with van der Waals surface area (Å²) in [4.78, 5) is 0. The molecule has 0 atom stereocenters. The topological polar surface area (TPSA) is 42.7 Å². The molecule has 0 amide bonds. The van der Waals surface area contributed by atoms with Crippen LogP contribution in [-0.4, -0.2) is 21.5 Å². The van der Waals surface area contributed by atoms with E-state index in [-0.39, 0.29) is 5.82 Å². The summed E-state index contributed by atoms with van der Waals surface area (Å²) in [5.74, 6) is 0.527. The van der Waals surface area contributed by atoms with Gasteiger partial charge in [-0.1, -0.05) is 17.3 Å². The van der Waals surface area contributed by atoms with E-state index < -0.39 is 0 Å². The zero-order valence-corrected chi connectivity index (χ0v) is 8.65. The van der Waals surface area contributed by atoms with Gasteiger partial charge >= 0.3 is 0 Å². The van der Waals surface area contributed by atoms with Crippen molar-refractivity contribution >= 4 is 5.82 Å². The molecule has 0 saturated heterocycles. The minimum Gasteiger partial charge on any atom is -0.368 e. The maximum absolute atomic E-state index is 13.6. The van der Waals surface area contributed by atoms with Gasteiger partial charge < -0.3 is 5.32 Å². The lowest BCUT2D eigenvalue weighted by Crippen LogP contribution is -2.14. The Kier molecular flexibility index (Phi) is 2.09. The number of fused-ring (bicyclic) bond motifs is 1. The molecule has 1 aromatic heterocycles. The highest BCUT2D eigenvalue weighted by Crippen LogP contribution is 2.23. The Morgan fingerprint density at radius 1 is 1.31 bits per heavy atom. The third kappa shape index (κ3) is 1.36. The zero-order chi connectivity index (χ0) is 11.0. The Bertz CT molecular complexity index is 520. The highest BCUT2D eigenvalue weighted by molar-refractivity contribution is 5.49. The normalized spacial score (nSPS) is 14.3. The number of rotatable bonds is 1. The van der Waals surface area contributed by atoms with E-state index in [0.717, 1.165) is 30.9 Å². The highest BCUT2D eigenvalue weighted by atomic mass is 19.1. The summed E-state index contributed by atoms with van der Waals surface area (Å²) in [7, 11) is 0. The number of halogens is 1. The van der Waals surface area contributed by atoms with E-state index in [1.54, 1.807) is 18.2 Å². The van der Waals surface area contributed by atoms with E-state index >= 15 is 0 Å². The molecule has 16 heavy (non-hydrogen) atoms. The van der Waals surface area contributed by atoms with Crippen molar-refractivity contribution in [2.24, 2.45) is 0 Å². The van der Waals surface area contributed by atoms with Gasteiger partial charge in [-0.05, 0) is 25.0 Å². The molecular formula is C11H11FN4. The SMILES string of the molecule is Fc1ccccc1-n1nnc2c1NCCC2. The third-order valence-corrected chi connectivity index (χ3v) is 2.70. The molecule has 1 N–H and O–H groups in total. The Balaban J connectivity index is 2.13. The van der Waals surface area contributed by atoms with Crippen LogP contribution in [0.15, 0.2) is 24.3 Å². The van der Waals surface area contributed by atoms with Crippen LogP contribution in [0, 0.1) is 5.82 Å². The smallest absolute Gasteiger partial charge is 0.153 e. The van der Waals surface area contributed by atoms with Crippen LogP contribution in [0.1, 0.15) is 12.1 Å². The summed E-state index contributed by atoms with van der Waals surface area (Å²) >= 11 is 0. The van der Waals surface area contributed by atoms with Gasteiger partial charge in [-0.15, -0.1) is 5.10 Å². The first-order chi connectivity index (χ1) is 7.86. The average molecular weight is 218 g/mol. The largest absolute Gasteiger partial charge is 0.368 e. The number of hydrogen-bond donors (Lipinski definition) is 1. The van der Waals surface area contributed by atoms with Crippen molar-refractivity contribution in [3.05, 3.63) is 35.8 Å². The van der Waals surface area contributed by atoms with Gasteiger partial charge in [0.05, 0.1) is 0 Å². The second-order valence-corrected chi connectivity index (χ2v) is 3.78. The lowest BCUT2D eigenvalue weighted by atomic mass is 10.2. The summed E-state index contributed by atoms with van der Waals surface area (Å²) in [6.45, 7) is 0.884. The van der Waals surface area contributed by atoms with Crippen LogP contribution < -0.4 is 5.32 Å². The Morgan fingerprint density at radius 3 is 3.06 bits per heavy atom. The van der Waals surface area contributed by atoms with Crippen LogP contribution in [0.5, 0.6) is 0 Å². The van der Waals surface area contributed by atoms with Crippen molar-refractivity contribution in [1.82, 2.24) is 15.0 Å². The Labute approximate surface area is 92.1 Å². The number of benzene rings is 1. The van der Waals surface area contributed by atoms with Crippen molar-refractivity contribution in [1.29, 1.82) is 0 Å². The van der Waals surface area contributed by atoms with Gasteiger partial charge in [0.1, 0.15) is 17.2 Å². The standard InChI is InChI=1S/C11H11FN4/c12-8-4-1-2-6-10(8)16-11-9(14-15-16)5-3-7-13-11/h1-2,4,6,13H,3,5,7H2. The van der Waals surface area contributed by atoms with Gasteiger partial charge in [-0.2, -0.15) is 4.68 Å². The van der Waals surface area contributed by atoms with Gasteiger partial charge in [0, 0.05) is 6.54 Å². The van der Waals surface area contributed by atoms with Crippen LogP contribution >= 0.6 is 0 Å². The molecule has 1 aliphatic rings. The fourth-order valence-electron chi connectivity index (χ4n) is 1.91. The Hall–Kier alpha value is -1.91. The first-order valence-electron chi connectivity index (χ1n) is 5.29. The molecular weight excluding hydrogens is 207 g/mol. The maximum Gasteiger partial charge on any atom is 0.153 e. The molecule has 0 unspecified atom stereocenters. The molecule has 0 spiro atoms. The molecule has 0 fully saturated rings. The lowest BCUT2D eigenvalue weighted by molar-refractivity contribution is 0.608. The summed E-state index contributed by atoms with van der Waals surface area (Å²) < 4.78 is 15.1. The van der Waals surface area contributed by atoms with Crippen molar-refractivity contribution in [3.8, 4) is 5.69 Å². The van der Waals surface area contributed by atoms with Gasteiger partial charge in [0.2, 0.25) is 0 Å². The van der Waals surface area contributed by atoms with E-state index in [9.17, 15) is 4.39 Å². The number of anilines is 1. The average Bonchev–Trinajstić information content (AvgIpc) is 2.74. The van der Waals surface area contributed by atoms with E-state index in [1.807, 2.05) is 0 Å². The highest BCUT2D eigenvalue weighted by Gasteiger charge is 2.18. The first-order valence-corrected chi connectivity index (χ1v) is 5.29. The van der Waals surface area contributed by atoms with Crippen molar-refractivity contribution in [2.75, 3.05) is 11.9 Å². The number of aromatic nitrogens is 3. The number of nitrogens with one attached hydrogen (secondary N) is 1. The number of aryl methyl sites for hydroxylation is 1. The number of hydrogen-bond acceptors (Lipinski definition) is 3. The van der Waals surface area contributed by atoms with Crippen molar-refractivity contribution in [3.63, 3.8) is 0 Å². The van der Waals surface area contributed by atoms with Crippen molar-refractivity contribution in [2.45, 2.75) is 12.8 Å².